The second kappa shape index (κ2) is 6.18. The predicted octanol–water partition coefficient (Wildman–Crippen LogP) is 0.578. The van der Waals surface area contributed by atoms with Gasteiger partial charge in [-0.1, -0.05) is 13.8 Å². The van der Waals surface area contributed by atoms with Gasteiger partial charge in [0, 0.05) is 25.4 Å². The molecule has 1 atom stereocenters. The lowest BCUT2D eigenvalue weighted by Crippen LogP contribution is -2.44. The molecular formula is C12H19N3O3. The van der Waals surface area contributed by atoms with Crippen molar-refractivity contribution in [1.29, 1.82) is 0 Å². The van der Waals surface area contributed by atoms with Crippen molar-refractivity contribution < 1.29 is 14.7 Å². The Morgan fingerprint density at radius 3 is 2.61 bits per heavy atom. The molecule has 2 N–H and O–H groups in total. The number of nitrogens with one attached hydrogen (secondary N) is 1. The monoisotopic (exact) mass is 253 g/mol. The maximum Gasteiger partial charge on any atom is 0.326 e. The summed E-state index contributed by atoms with van der Waals surface area (Å²) in [5.74, 6) is -1.39. The number of carbonyl (C=O) groups is 2. The molecule has 0 saturated carbocycles. The van der Waals surface area contributed by atoms with Crippen LogP contribution in [-0.4, -0.2) is 32.8 Å². The highest BCUT2D eigenvalue weighted by atomic mass is 16.4. The molecule has 100 valence electrons. The van der Waals surface area contributed by atoms with Crippen molar-refractivity contribution in [2.75, 3.05) is 0 Å². The van der Waals surface area contributed by atoms with Gasteiger partial charge in [0.1, 0.15) is 6.04 Å². The molecule has 6 heteroatoms. The number of carboxylic acid groups (broad SMARTS) is 1. The lowest BCUT2D eigenvalue weighted by atomic mass is 10.0. The zero-order valence-electron chi connectivity index (χ0n) is 10.9. The number of amides is 1. The van der Waals surface area contributed by atoms with E-state index in [1.165, 1.54) is 0 Å². The average Bonchev–Trinajstić information content (AvgIpc) is 2.68. The molecule has 1 amide bonds. The van der Waals surface area contributed by atoms with E-state index in [2.05, 4.69) is 10.4 Å². The van der Waals surface area contributed by atoms with Crippen LogP contribution >= 0.6 is 0 Å². The summed E-state index contributed by atoms with van der Waals surface area (Å²) >= 11 is 0. The van der Waals surface area contributed by atoms with E-state index in [1.54, 1.807) is 31.8 Å². The first kappa shape index (κ1) is 14.2. The van der Waals surface area contributed by atoms with Crippen LogP contribution in [0.15, 0.2) is 12.3 Å². The largest absolute Gasteiger partial charge is 0.480 e. The van der Waals surface area contributed by atoms with Crippen LogP contribution in [0.2, 0.25) is 0 Å². The first-order valence-electron chi connectivity index (χ1n) is 5.91. The van der Waals surface area contributed by atoms with Crippen molar-refractivity contribution in [2.45, 2.75) is 32.7 Å². The van der Waals surface area contributed by atoms with Gasteiger partial charge in [-0.3, -0.25) is 9.48 Å². The van der Waals surface area contributed by atoms with Crippen molar-refractivity contribution >= 4 is 11.9 Å². The van der Waals surface area contributed by atoms with Gasteiger partial charge >= 0.3 is 5.97 Å². The van der Waals surface area contributed by atoms with Crippen molar-refractivity contribution in [3.8, 4) is 0 Å². The standard InChI is InChI=1S/C12H19N3O3/c1-8(2)11(12(17)18)14-10(16)5-4-9-6-7-13-15(9)3/h6-8,11H,4-5H2,1-3H3,(H,14,16)(H,17,18). The molecular weight excluding hydrogens is 234 g/mol. The highest BCUT2D eigenvalue weighted by Gasteiger charge is 2.23. The number of carboxylic acids is 1. The molecule has 0 aliphatic heterocycles. The molecule has 0 bridgehead atoms. The van der Waals surface area contributed by atoms with Crippen molar-refractivity contribution in [3.63, 3.8) is 0 Å². The number of hydrogen-bond acceptors (Lipinski definition) is 3. The fourth-order valence-electron chi connectivity index (χ4n) is 1.65. The topological polar surface area (TPSA) is 84.2 Å². The summed E-state index contributed by atoms with van der Waals surface area (Å²) in [6.07, 6.45) is 2.48. The Bertz CT molecular complexity index is 426. The Kier molecular flexibility index (Phi) is 4.88. The van der Waals surface area contributed by atoms with Crippen molar-refractivity contribution in [3.05, 3.63) is 18.0 Å². The van der Waals surface area contributed by atoms with E-state index in [-0.39, 0.29) is 18.2 Å². The molecule has 18 heavy (non-hydrogen) atoms. The Hall–Kier alpha value is -1.85. The number of carbonyl (C=O) groups excluding carboxylic acids is 1. The zero-order chi connectivity index (χ0) is 13.7. The minimum absolute atomic E-state index is 0.136. The predicted molar refractivity (Wildman–Crippen MR) is 65.9 cm³/mol. The number of nitrogens with zero attached hydrogens (tertiary/aromatic N) is 2. The Morgan fingerprint density at radius 2 is 2.17 bits per heavy atom. The number of hydrogen-bond donors (Lipinski definition) is 2. The number of rotatable bonds is 6. The molecule has 0 radical (unpaired) electrons. The molecule has 0 aliphatic rings. The van der Waals surface area contributed by atoms with Crippen LogP contribution in [0.5, 0.6) is 0 Å². The van der Waals surface area contributed by atoms with E-state index in [9.17, 15) is 9.59 Å². The van der Waals surface area contributed by atoms with Gasteiger partial charge in [0.15, 0.2) is 0 Å². The summed E-state index contributed by atoms with van der Waals surface area (Å²) in [6.45, 7) is 3.53. The quantitative estimate of drug-likeness (QED) is 0.776. The summed E-state index contributed by atoms with van der Waals surface area (Å²) in [5, 5.41) is 15.5. The molecule has 0 fully saturated rings. The molecule has 1 aromatic rings. The van der Waals surface area contributed by atoms with E-state index in [0.717, 1.165) is 5.69 Å². The molecule has 1 unspecified atom stereocenters. The minimum Gasteiger partial charge on any atom is -0.480 e. The molecule has 0 spiro atoms. The maximum atomic E-state index is 11.7. The van der Waals surface area contributed by atoms with Gasteiger partial charge in [-0.25, -0.2) is 4.79 Å². The molecule has 1 heterocycles. The van der Waals surface area contributed by atoms with Crippen molar-refractivity contribution in [1.82, 2.24) is 15.1 Å². The average molecular weight is 253 g/mol. The van der Waals surface area contributed by atoms with Crippen LogP contribution in [0.4, 0.5) is 0 Å². The summed E-state index contributed by atoms with van der Waals surface area (Å²) in [6, 6.07) is 1.01. The molecule has 0 aliphatic carbocycles. The summed E-state index contributed by atoms with van der Waals surface area (Å²) in [5.41, 5.74) is 0.946. The lowest BCUT2D eigenvalue weighted by Gasteiger charge is -2.17. The van der Waals surface area contributed by atoms with Gasteiger partial charge in [0.25, 0.3) is 0 Å². The molecule has 1 aromatic heterocycles. The highest BCUT2D eigenvalue weighted by molar-refractivity contribution is 5.83. The third-order valence-electron chi connectivity index (χ3n) is 2.78. The fraction of sp³-hybridized carbons (Fsp3) is 0.583. The van der Waals surface area contributed by atoms with Gasteiger partial charge in [-0.05, 0) is 18.4 Å². The molecule has 1 rings (SSSR count). The van der Waals surface area contributed by atoms with Gasteiger partial charge in [0.05, 0.1) is 0 Å². The van der Waals surface area contributed by atoms with Crippen LogP contribution in [0.25, 0.3) is 0 Å². The van der Waals surface area contributed by atoms with Crippen molar-refractivity contribution in [2.24, 2.45) is 13.0 Å². The minimum atomic E-state index is -1.00. The third kappa shape index (κ3) is 3.87. The highest BCUT2D eigenvalue weighted by Crippen LogP contribution is 2.04. The Morgan fingerprint density at radius 1 is 1.50 bits per heavy atom. The number of aromatic nitrogens is 2. The van der Waals surface area contributed by atoms with E-state index < -0.39 is 12.0 Å². The first-order chi connectivity index (χ1) is 8.41. The second-order valence-corrected chi connectivity index (χ2v) is 4.57. The van der Waals surface area contributed by atoms with E-state index in [1.807, 2.05) is 6.07 Å². The SMILES string of the molecule is CC(C)C(NC(=O)CCc1ccnn1C)C(=O)O. The smallest absolute Gasteiger partial charge is 0.326 e. The second-order valence-electron chi connectivity index (χ2n) is 4.57. The fourth-order valence-corrected chi connectivity index (χ4v) is 1.65. The van der Waals surface area contributed by atoms with Gasteiger partial charge in [0.2, 0.25) is 5.91 Å². The lowest BCUT2D eigenvalue weighted by molar-refractivity contribution is -0.143. The molecule has 6 nitrogen and oxygen atoms in total. The van der Waals surface area contributed by atoms with Gasteiger partial charge < -0.3 is 10.4 Å². The van der Waals surface area contributed by atoms with Crippen LogP contribution in [-0.2, 0) is 23.1 Å². The summed E-state index contributed by atoms with van der Waals surface area (Å²) in [4.78, 5) is 22.6. The zero-order valence-corrected chi connectivity index (χ0v) is 10.9. The maximum absolute atomic E-state index is 11.7. The Balaban J connectivity index is 2.46. The van der Waals surface area contributed by atoms with Crippen LogP contribution < -0.4 is 5.32 Å². The van der Waals surface area contributed by atoms with Crippen LogP contribution in [0.3, 0.4) is 0 Å². The molecule has 0 aromatic carbocycles. The normalized spacial score (nSPS) is 12.4. The number of aryl methyl sites for hydroxylation is 2. The summed E-state index contributed by atoms with van der Waals surface area (Å²) < 4.78 is 1.70. The van der Waals surface area contributed by atoms with Gasteiger partial charge in [-0.15, -0.1) is 0 Å². The first-order valence-corrected chi connectivity index (χ1v) is 5.91. The molecule has 0 saturated heterocycles. The summed E-state index contributed by atoms with van der Waals surface area (Å²) in [7, 11) is 1.81. The van der Waals surface area contributed by atoms with Crippen LogP contribution in [0, 0.1) is 5.92 Å². The van der Waals surface area contributed by atoms with E-state index in [0.29, 0.717) is 6.42 Å². The number of aliphatic carboxylic acids is 1. The Labute approximate surface area is 106 Å². The van der Waals surface area contributed by atoms with Gasteiger partial charge in [-0.2, -0.15) is 5.10 Å². The third-order valence-corrected chi connectivity index (χ3v) is 2.78. The van der Waals surface area contributed by atoms with E-state index >= 15 is 0 Å². The van der Waals surface area contributed by atoms with Crippen LogP contribution in [0.1, 0.15) is 26.0 Å². The van der Waals surface area contributed by atoms with E-state index in [4.69, 9.17) is 5.11 Å².